The molecular weight excluding hydrogens is 300 g/mol. The highest BCUT2D eigenvalue weighted by atomic mass is 16.3. The first-order chi connectivity index (χ1) is 11.3. The van der Waals surface area contributed by atoms with E-state index in [1.165, 1.54) is 12.0 Å². The summed E-state index contributed by atoms with van der Waals surface area (Å²) in [7, 11) is 2.17. The number of carbonyl (C=O) groups excluding carboxylic acids is 1. The van der Waals surface area contributed by atoms with Gasteiger partial charge in [-0.15, -0.1) is 0 Å². The van der Waals surface area contributed by atoms with Crippen LogP contribution in [0.5, 0.6) is 0 Å². The highest BCUT2D eigenvalue weighted by molar-refractivity contribution is 5.94. The van der Waals surface area contributed by atoms with Gasteiger partial charge in [0.1, 0.15) is 0 Å². The Bertz CT molecular complexity index is 591. The number of carbonyl (C=O) groups is 1. The van der Waals surface area contributed by atoms with Crippen molar-refractivity contribution in [2.75, 3.05) is 33.2 Å². The predicted molar refractivity (Wildman–Crippen MR) is 96.1 cm³/mol. The number of aryl methyl sites for hydroxylation is 1. The fourth-order valence-electron chi connectivity index (χ4n) is 4.05. The molecule has 2 aliphatic rings. The number of hydrogen-bond acceptors (Lipinski definition) is 3. The van der Waals surface area contributed by atoms with Crippen LogP contribution in [-0.4, -0.2) is 59.6 Å². The number of amides is 1. The molecule has 1 spiro atoms. The minimum absolute atomic E-state index is 0.162. The Hall–Kier alpha value is -1.39. The van der Waals surface area contributed by atoms with E-state index in [-0.39, 0.29) is 5.91 Å². The van der Waals surface area contributed by atoms with Gasteiger partial charge in [0.15, 0.2) is 0 Å². The Balaban J connectivity index is 1.60. The lowest BCUT2D eigenvalue weighted by atomic mass is 9.86. The fraction of sp³-hybridized carbons (Fsp3) is 0.650. The van der Waals surface area contributed by atoms with E-state index in [0.717, 1.165) is 51.0 Å². The first-order valence-electron chi connectivity index (χ1n) is 9.06. The molecule has 2 fully saturated rings. The van der Waals surface area contributed by atoms with E-state index in [2.05, 4.69) is 11.9 Å². The third-order valence-corrected chi connectivity index (χ3v) is 5.58. The van der Waals surface area contributed by atoms with E-state index in [1.807, 2.05) is 43.0 Å². The van der Waals surface area contributed by atoms with Crippen molar-refractivity contribution in [3.05, 3.63) is 35.4 Å². The van der Waals surface area contributed by atoms with E-state index in [9.17, 15) is 9.90 Å². The summed E-state index contributed by atoms with van der Waals surface area (Å²) in [6, 6.07) is 7.92. The van der Waals surface area contributed by atoms with E-state index >= 15 is 0 Å². The van der Waals surface area contributed by atoms with E-state index in [0.29, 0.717) is 5.41 Å². The van der Waals surface area contributed by atoms with E-state index < -0.39 is 5.60 Å². The smallest absolute Gasteiger partial charge is 0.253 e. The molecule has 1 unspecified atom stereocenters. The fourth-order valence-corrected chi connectivity index (χ4v) is 4.05. The summed E-state index contributed by atoms with van der Waals surface area (Å²) in [6.45, 7) is 7.71. The summed E-state index contributed by atoms with van der Waals surface area (Å²) >= 11 is 0. The van der Waals surface area contributed by atoms with Crippen LogP contribution in [0, 0.1) is 5.41 Å². The largest absolute Gasteiger partial charge is 0.390 e. The highest BCUT2D eigenvalue weighted by Gasteiger charge is 2.43. The van der Waals surface area contributed by atoms with Gasteiger partial charge in [-0.2, -0.15) is 0 Å². The standard InChI is InChI=1S/C20H30N2O2/c1-19(2,24)9-8-16-4-6-17(7-5-16)18(23)22-13-11-20(15-22)10-12-21(3)14-20/h4-7,24H,8-15H2,1-3H3. The maximum absolute atomic E-state index is 12.8. The van der Waals surface area contributed by atoms with Gasteiger partial charge in [0.05, 0.1) is 5.60 Å². The molecular formula is C20H30N2O2. The lowest BCUT2D eigenvalue weighted by molar-refractivity contribution is 0.0712. The number of benzene rings is 1. The molecule has 24 heavy (non-hydrogen) atoms. The van der Waals surface area contributed by atoms with Crippen LogP contribution in [0.15, 0.2) is 24.3 Å². The zero-order chi connectivity index (χ0) is 17.4. The van der Waals surface area contributed by atoms with Crippen molar-refractivity contribution in [3.63, 3.8) is 0 Å². The molecule has 1 N–H and O–H groups in total. The summed E-state index contributed by atoms with van der Waals surface area (Å²) < 4.78 is 0. The van der Waals surface area contributed by atoms with E-state index in [1.54, 1.807) is 0 Å². The van der Waals surface area contributed by atoms with Crippen LogP contribution in [0.3, 0.4) is 0 Å². The SMILES string of the molecule is CN1CCC2(CCN(C(=O)c3ccc(CCC(C)(C)O)cc3)C2)C1. The maximum Gasteiger partial charge on any atom is 0.253 e. The molecule has 0 saturated carbocycles. The first-order valence-corrected chi connectivity index (χ1v) is 9.06. The van der Waals surface area contributed by atoms with Gasteiger partial charge in [0.2, 0.25) is 0 Å². The lowest BCUT2D eigenvalue weighted by Crippen LogP contribution is -2.33. The maximum atomic E-state index is 12.8. The molecule has 2 heterocycles. The van der Waals surface area contributed by atoms with Crippen LogP contribution in [-0.2, 0) is 6.42 Å². The summed E-state index contributed by atoms with van der Waals surface area (Å²) in [5.41, 5.74) is 1.64. The van der Waals surface area contributed by atoms with Crippen LogP contribution in [0.4, 0.5) is 0 Å². The van der Waals surface area contributed by atoms with Crippen molar-refractivity contribution >= 4 is 5.91 Å². The molecule has 3 rings (SSSR count). The molecule has 1 aromatic rings. The second-order valence-corrected chi connectivity index (χ2v) is 8.47. The van der Waals surface area contributed by atoms with Gasteiger partial charge in [-0.3, -0.25) is 4.79 Å². The van der Waals surface area contributed by atoms with Crippen molar-refractivity contribution in [3.8, 4) is 0 Å². The van der Waals surface area contributed by atoms with Crippen molar-refractivity contribution in [2.45, 2.75) is 45.1 Å². The minimum atomic E-state index is -0.646. The number of rotatable bonds is 4. The molecule has 0 aliphatic carbocycles. The molecule has 0 aromatic heterocycles. The normalized spacial score (nSPS) is 24.9. The lowest BCUT2D eigenvalue weighted by Gasteiger charge is -2.24. The van der Waals surface area contributed by atoms with Gasteiger partial charge in [-0.1, -0.05) is 12.1 Å². The van der Waals surface area contributed by atoms with Gasteiger partial charge in [-0.25, -0.2) is 0 Å². The zero-order valence-electron chi connectivity index (χ0n) is 15.2. The summed E-state index contributed by atoms with van der Waals surface area (Å²) in [6.07, 6.45) is 3.90. The second kappa shape index (κ2) is 6.49. The summed E-state index contributed by atoms with van der Waals surface area (Å²) in [5, 5.41) is 9.82. The summed E-state index contributed by atoms with van der Waals surface area (Å²) in [5.74, 6) is 0.162. The third kappa shape index (κ3) is 3.98. The van der Waals surface area contributed by atoms with Crippen LogP contribution >= 0.6 is 0 Å². The quantitative estimate of drug-likeness (QED) is 0.923. The number of likely N-dealkylation sites (tertiary alicyclic amines) is 2. The number of aliphatic hydroxyl groups is 1. The molecule has 2 aliphatic heterocycles. The topological polar surface area (TPSA) is 43.8 Å². The number of hydrogen-bond donors (Lipinski definition) is 1. The Kier molecular flexibility index (Phi) is 4.71. The Morgan fingerprint density at radius 2 is 1.83 bits per heavy atom. The van der Waals surface area contributed by atoms with Crippen LogP contribution in [0.25, 0.3) is 0 Å². The molecule has 0 bridgehead atoms. The Labute approximate surface area is 145 Å². The second-order valence-electron chi connectivity index (χ2n) is 8.47. The van der Waals surface area contributed by atoms with Gasteiger partial charge >= 0.3 is 0 Å². The molecule has 1 amide bonds. The van der Waals surface area contributed by atoms with Crippen molar-refractivity contribution in [1.29, 1.82) is 0 Å². The average molecular weight is 330 g/mol. The predicted octanol–water partition coefficient (Wildman–Crippen LogP) is 2.56. The molecule has 1 aromatic carbocycles. The van der Waals surface area contributed by atoms with Gasteiger partial charge < -0.3 is 14.9 Å². The molecule has 4 nitrogen and oxygen atoms in total. The van der Waals surface area contributed by atoms with Gasteiger partial charge in [-0.05, 0) is 70.8 Å². The van der Waals surface area contributed by atoms with Gasteiger partial charge in [0, 0.05) is 30.6 Å². The molecule has 0 radical (unpaired) electrons. The molecule has 1 atom stereocenters. The highest BCUT2D eigenvalue weighted by Crippen LogP contribution is 2.39. The van der Waals surface area contributed by atoms with Crippen LogP contribution < -0.4 is 0 Å². The van der Waals surface area contributed by atoms with Crippen LogP contribution in [0.1, 0.15) is 49.0 Å². The minimum Gasteiger partial charge on any atom is -0.390 e. The third-order valence-electron chi connectivity index (χ3n) is 5.58. The molecule has 2 saturated heterocycles. The first kappa shape index (κ1) is 17.4. The van der Waals surface area contributed by atoms with Gasteiger partial charge in [0.25, 0.3) is 5.91 Å². The average Bonchev–Trinajstić information content (AvgIpc) is 3.11. The summed E-state index contributed by atoms with van der Waals surface area (Å²) in [4.78, 5) is 17.2. The van der Waals surface area contributed by atoms with Crippen LogP contribution in [0.2, 0.25) is 0 Å². The van der Waals surface area contributed by atoms with Crippen molar-refractivity contribution in [1.82, 2.24) is 9.80 Å². The van der Waals surface area contributed by atoms with Crippen molar-refractivity contribution < 1.29 is 9.90 Å². The van der Waals surface area contributed by atoms with E-state index in [4.69, 9.17) is 0 Å². The Morgan fingerprint density at radius 3 is 2.42 bits per heavy atom. The number of nitrogens with zero attached hydrogens (tertiary/aromatic N) is 2. The Morgan fingerprint density at radius 1 is 1.17 bits per heavy atom. The monoisotopic (exact) mass is 330 g/mol. The van der Waals surface area contributed by atoms with Crippen molar-refractivity contribution in [2.24, 2.45) is 5.41 Å². The zero-order valence-corrected chi connectivity index (χ0v) is 15.2. The molecule has 4 heteroatoms. The molecule has 132 valence electrons.